The summed E-state index contributed by atoms with van der Waals surface area (Å²) in [7, 11) is 0. The first kappa shape index (κ1) is 12.4. The Kier molecular flexibility index (Phi) is 4.00. The molecule has 1 aliphatic rings. The predicted molar refractivity (Wildman–Crippen MR) is 77.6 cm³/mol. The van der Waals surface area contributed by atoms with Crippen LogP contribution in [0.2, 0.25) is 0 Å². The van der Waals surface area contributed by atoms with E-state index in [4.69, 9.17) is 18.0 Å². The third kappa shape index (κ3) is 2.78. The third-order valence-corrected chi connectivity index (χ3v) is 3.71. The minimum absolute atomic E-state index is 0.500. The van der Waals surface area contributed by atoms with E-state index in [0.29, 0.717) is 4.99 Å². The highest BCUT2D eigenvalue weighted by molar-refractivity contribution is 7.80. The van der Waals surface area contributed by atoms with Crippen LogP contribution < -0.4 is 10.6 Å². The minimum Gasteiger partial charge on any atom is -0.389 e. The van der Waals surface area contributed by atoms with Gasteiger partial charge in [-0.1, -0.05) is 37.7 Å². The molecule has 92 valence electrons. The predicted octanol–water partition coefficient (Wildman–Crippen LogP) is 2.95. The topological polar surface area (TPSA) is 29.3 Å². The van der Waals surface area contributed by atoms with E-state index in [1.165, 1.54) is 24.9 Å². The SMILES string of the molecule is CCCC1CCN(c2ccccc2C(N)=S)C1. The molecule has 1 aromatic rings. The molecule has 0 spiro atoms. The smallest absolute Gasteiger partial charge is 0.106 e. The Morgan fingerprint density at radius 3 is 2.94 bits per heavy atom. The van der Waals surface area contributed by atoms with E-state index >= 15 is 0 Å². The van der Waals surface area contributed by atoms with Gasteiger partial charge in [0.25, 0.3) is 0 Å². The fourth-order valence-electron chi connectivity index (χ4n) is 2.65. The summed E-state index contributed by atoms with van der Waals surface area (Å²) < 4.78 is 0. The number of hydrogen-bond acceptors (Lipinski definition) is 2. The fourth-order valence-corrected chi connectivity index (χ4v) is 2.83. The van der Waals surface area contributed by atoms with Crippen LogP contribution in [0.3, 0.4) is 0 Å². The van der Waals surface area contributed by atoms with Gasteiger partial charge in [-0.3, -0.25) is 0 Å². The van der Waals surface area contributed by atoms with Gasteiger partial charge in [-0.05, 0) is 30.9 Å². The number of para-hydroxylation sites is 1. The molecule has 1 atom stereocenters. The van der Waals surface area contributed by atoms with Gasteiger partial charge in [0.15, 0.2) is 0 Å². The molecule has 1 aliphatic heterocycles. The first-order valence-corrected chi connectivity index (χ1v) is 6.77. The number of anilines is 1. The summed E-state index contributed by atoms with van der Waals surface area (Å²) in [4.78, 5) is 2.92. The molecule has 3 heteroatoms. The lowest BCUT2D eigenvalue weighted by Gasteiger charge is -2.21. The van der Waals surface area contributed by atoms with Crippen molar-refractivity contribution in [2.75, 3.05) is 18.0 Å². The van der Waals surface area contributed by atoms with Crippen LogP contribution in [0.4, 0.5) is 5.69 Å². The highest BCUT2D eigenvalue weighted by Crippen LogP contribution is 2.28. The largest absolute Gasteiger partial charge is 0.389 e. The maximum absolute atomic E-state index is 5.78. The van der Waals surface area contributed by atoms with Crippen molar-refractivity contribution in [3.8, 4) is 0 Å². The molecular weight excluding hydrogens is 228 g/mol. The third-order valence-electron chi connectivity index (χ3n) is 3.49. The average Bonchev–Trinajstić information content (AvgIpc) is 2.78. The first-order chi connectivity index (χ1) is 8.22. The number of hydrogen-bond donors (Lipinski definition) is 1. The van der Waals surface area contributed by atoms with E-state index in [2.05, 4.69) is 24.0 Å². The molecule has 1 aromatic carbocycles. The molecule has 2 nitrogen and oxygen atoms in total. The number of thiocarbonyl (C=S) groups is 1. The summed E-state index contributed by atoms with van der Waals surface area (Å²) in [6.07, 6.45) is 3.89. The lowest BCUT2D eigenvalue weighted by molar-refractivity contribution is 0.530. The van der Waals surface area contributed by atoms with Gasteiger partial charge in [-0.15, -0.1) is 0 Å². The van der Waals surface area contributed by atoms with Crippen molar-refractivity contribution in [2.24, 2.45) is 11.7 Å². The fraction of sp³-hybridized carbons (Fsp3) is 0.500. The van der Waals surface area contributed by atoms with Gasteiger partial charge >= 0.3 is 0 Å². The van der Waals surface area contributed by atoms with Crippen molar-refractivity contribution in [3.63, 3.8) is 0 Å². The molecule has 0 aromatic heterocycles. The molecule has 0 bridgehead atoms. The van der Waals surface area contributed by atoms with Crippen molar-refractivity contribution in [2.45, 2.75) is 26.2 Å². The zero-order valence-corrected chi connectivity index (χ0v) is 11.2. The van der Waals surface area contributed by atoms with Gasteiger partial charge in [0, 0.05) is 24.3 Å². The van der Waals surface area contributed by atoms with Crippen LogP contribution in [-0.4, -0.2) is 18.1 Å². The Balaban J connectivity index is 2.16. The van der Waals surface area contributed by atoms with Crippen LogP contribution in [0.15, 0.2) is 24.3 Å². The first-order valence-electron chi connectivity index (χ1n) is 6.36. The van der Waals surface area contributed by atoms with E-state index in [1.807, 2.05) is 12.1 Å². The van der Waals surface area contributed by atoms with E-state index in [1.54, 1.807) is 0 Å². The van der Waals surface area contributed by atoms with Gasteiger partial charge in [0.1, 0.15) is 4.99 Å². The van der Waals surface area contributed by atoms with Crippen molar-refractivity contribution in [1.82, 2.24) is 0 Å². The van der Waals surface area contributed by atoms with E-state index in [0.717, 1.165) is 24.6 Å². The second kappa shape index (κ2) is 5.50. The summed E-state index contributed by atoms with van der Waals surface area (Å²) in [5.41, 5.74) is 8.00. The van der Waals surface area contributed by atoms with Gasteiger partial charge in [0.2, 0.25) is 0 Å². The van der Waals surface area contributed by atoms with E-state index in [9.17, 15) is 0 Å². The van der Waals surface area contributed by atoms with Crippen LogP contribution in [-0.2, 0) is 0 Å². The van der Waals surface area contributed by atoms with Crippen LogP contribution in [0.1, 0.15) is 31.7 Å². The summed E-state index contributed by atoms with van der Waals surface area (Å²) in [5.74, 6) is 0.833. The Labute approximate surface area is 109 Å². The molecule has 0 saturated carbocycles. The van der Waals surface area contributed by atoms with Crippen molar-refractivity contribution in [3.05, 3.63) is 29.8 Å². The number of rotatable bonds is 4. The van der Waals surface area contributed by atoms with Crippen molar-refractivity contribution in [1.29, 1.82) is 0 Å². The molecule has 1 heterocycles. The summed E-state index contributed by atoms with van der Waals surface area (Å²) in [5, 5.41) is 0. The van der Waals surface area contributed by atoms with Crippen LogP contribution >= 0.6 is 12.2 Å². The summed E-state index contributed by atoms with van der Waals surface area (Å²) >= 11 is 5.12. The molecule has 2 rings (SSSR count). The van der Waals surface area contributed by atoms with Crippen LogP contribution in [0.5, 0.6) is 0 Å². The quantitative estimate of drug-likeness (QED) is 0.831. The molecule has 1 fully saturated rings. The van der Waals surface area contributed by atoms with Crippen molar-refractivity contribution < 1.29 is 0 Å². The van der Waals surface area contributed by atoms with Crippen molar-refractivity contribution >= 4 is 22.9 Å². The molecule has 2 N–H and O–H groups in total. The number of nitrogens with zero attached hydrogens (tertiary/aromatic N) is 1. The molecular formula is C14H20N2S. The lowest BCUT2D eigenvalue weighted by atomic mass is 10.0. The summed E-state index contributed by atoms with van der Waals surface area (Å²) in [6.45, 7) is 4.53. The van der Waals surface area contributed by atoms with Gasteiger partial charge in [0.05, 0.1) is 0 Å². The van der Waals surface area contributed by atoms with E-state index < -0.39 is 0 Å². The Morgan fingerprint density at radius 1 is 1.47 bits per heavy atom. The molecule has 1 unspecified atom stereocenters. The second-order valence-corrected chi connectivity index (χ2v) is 5.21. The zero-order chi connectivity index (χ0) is 12.3. The Hall–Kier alpha value is -1.09. The highest BCUT2D eigenvalue weighted by Gasteiger charge is 2.23. The van der Waals surface area contributed by atoms with E-state index in [-0.39, 0.29) is 0 Å². The standard InChI is InChI=1S/C14H20N2S/c1-2-5-11-8-9-16(10-11)13-7-4-3-6-12(13)14(15)17/h3-4,6-7,11H,2,5,8-10H2,1H3,(H2,15,17). The van der Waals surface area contributed by atoms with Gasteiger partial charge in [-0.2, -0.15) is 0 Å². The van der Waals surface area contributed by atoms with Crippen LogP contribution in [0, 0.1) is 5.92 Å². The maximum atomic E-state index is 5.78. The number of benzene rings is 1. The molecule has 0 radical (unpaired) electrons. The van der Waals surface area contributed by atoms with Gasteiger partial charge < -0.3 is 10.6 Å². The zero-order valence-electron chi connectivity index (χ0n) is 10.4. The summed E-state index contributed by atoms with van der Waals surface area (Å²) in [6, 6.07) is 8.20. The van der Waals surface area contributed by atoms with Gasteiger partial charge in [-0.25, -0.2) is 0 Å². The maximum Gasteiger partial charge on any atom is 0.106 e. The Morgan fingerprint density at radius 2 is 2.24 bits per heavy atom. The van der Waals surface area contributed by atoms with Crippen LogP contribution in [0.25, 0.3) is 0 Å². The molecule has 1 saturated heterocycles. The number of nitrogens with two attached hydrogens (primary N) is 1. The second-order valence-electron chi connectivity index (χ2n) is 4.77. The molecule has 0 amide bonds. The monoisotopic (exact) mass is 248 g/mol. The Bertz CT molecular complexity index is 403. The normalized spacial score (nSPS) is 19.6. The molecule has 17 heavy (non-hydrogen) atoms. The lowest BCUT2D eigenvalue weighted by Crippen LogP contribution is -2.23. The molecule has 0 aliphatic carbocycles. The highest BCUT2D eigenvalue weighted by atomic mass is 32.1. The average molecular weight is 248 g/mol. The minimum atomic E-state index is 0.500.